The molecule has 0 aromatic heterocycles. The third-order valence-electron chi connectivity index (χ3n) is 5.31. The first kappa shape index (κ1) is 19.8. The number of benzene rings is 2. The standard InChI is InChI=1S/C20H27N3O3S/c1-15(19-9-5-7-18-6-3-4-8-20(18)19)23-12-10-17(11-13-23)14-27(25,26)22-21-16(2)24/h3-9,15,17,22H,10-14H2,1-2H3,(H,21,24). The molecular weight excluding hydrogens is 362 g/mol. The molecule has 1 amide bonds. The molecule has 27 heavy (non-hydrogen) atoms. The topological polar surface area (TPSA) is 78.5 Å². The Morgan fingerprint density at radius 1 is 1.15 bits per heavy atom. The van der Waals surface area contributed by atoms with E-state index in [0.29, 0.717) is 0 Å². The van der Waals surface area contributed by atoms with Crippen molar-refractivity contribution < 1.29 is 13.2 Å². The minimum absolute atomic E-state index is 0.0454. The van der Waals surface area contributed by atoms with E-state index in [1.54, 1.807) is 0 Å². The summed E-state index contributed by atoms with van der Waals surface area (Å²) in [6.07, 6.45) is 1.66. The second-order valence-corrected chi connectivity index (χ2v) is 9.06. The zero-order chi connectivity index (χ0) is 19.4. The van der Waals surface area contributed by atoms with Crippen LogP contribution in [0.15, 0.2) is 42.5 Å². The second kappa shape index (κ2) is 8.37. The molecule has 0 aliphatic carbocycles. The summed E-state index contributed by atoms with van der Waals surface area (Å²) >= 11 is 0. The fourth-order valence-corrected chi connectivity index (χ4v) is 5.16. The number of nitrogens with one attached hydrogen (secondary N) is 2. The van der Waals surface area contributed by atoms with Crippen LogP contribution in [0.4, 0.5) is 0 Å². The van der Waals surface area contributed by atoms with Crippen LogP contribution in [0.1, 0.15) is 38.3 Å². The average molecular weight is 390 g/mol. The number of carbonyl (C=O) groups excluding carboxylic acids is 1. The Labute approximate surface area is 161 Å². The molecule has 7 heteroatoms. The maximum Gasteiger partial charge on any atom is 0.231 e. The van der Waals surface area contributed by atoms with Crippen LogP contribution < -0.4 is 10.3 Å². The minimum atomic E-state index is -3.50. The maximum absolute atomic E-state index is 12.0. The van der Waals surface area contributed by atoms with Gasteiger partial charge in [-0.1, -0.05) is 42.5 Å². The molecule has 3 rings (SSSR count). The third-order valence-corrected chi connectivity index (χ3v) is 6.63. The van der Waals surface area contributed by atoms with E-state index in [0.717, 1.165) is 25.9 Å². The number of carbonyl (C=O) groups is 1. The molecule has 1 aliphatic heterocycles. The Morgan fingerprint density at radius 2 is 1.81 bits per heavy atom. The van der Waals surface area contributed by atoms with Gasteiger partial charge in [0.25, 0.3) is 0 Å². The Kier molecular flexibility index (Phi) is 6.14. The van der Waals surface area contributed by atoms with Gasteiger partial charge < -0.3 is 0 Å². The monoisotopic (exact) mass is 389 g/mol. The van der Waals surface area contributed by atoms with Gasteiger partial charge in [-0.15, -0.1) is 4.83 Å². The molecule has 146 valence electrons. The largest absolute Gasteiger partial charge is 0.297 e. The van der Waals surface area contributed by atoms with Crippen molar-refractivity contribution in [3.05, 3.63) is 48.0 Å². The van der Waals surface area contributed by atoms with Crippen LogP contribution in [0.2, 0.25) is 0 Å². The molecule has 2 aromatic rings. The number of piperidine rings is 1. The fraction of sp³-hybridized carbons (Fsp3) is 0.450. The number of nitrogens with zero attached hydrogens (tertiary/aromatic N) is 1. The van der Waals surface area contributed by atoms with Gasteiger partial charge in [-0.3, -0.25) is 15.1 Å². The van der Waals surface area contributed by atoms with Crippen molar-refractivity contribution in [2.75, 3.05) is 18.8 Å². The first-order valence-electron chi connectivity index (χ1n) is 9.33. The zero-order valence-corrected chi connectivity index (χ0v) is 16.6. The summed E-state index contributed by atoms with van der Waals surface area (Å²) in [7, 11) is -3.50. The van der Waals surface area contributed by atoms with Crippen molar-refractivity contribution in [3.8, 4) is 0 Å². The highest BCUT2D eigenvalue weighted by Crippen LogP contribution is 2.31. The maximum atomic E-state index is 12.0. The van der Waals surface area contributed by atoms with Gasteiger partial charge in [0.2, 0.25) is 15.9 Å². The molecule has 0 saturated carbocycles. The molecule has 1 unspecified atom stereocenters. The quantitative estimate of drug-likeness (QED) is 0.745. The predicted octanol–water partition coefficient (Wildman–Crippen LogP) is 2.58. The lowest BCUT2D eigenvalue weighted by Crippen LogP contribution is -2.44. The lowest BCUT2D eigenvalue weighted by atomic mass is 9.94. The molecule has 0 radical (unpaired) electrons. The average Bonchev–Trinajstić information content (AvgIpc) is 2.66. The minimum Gasteiger partial charge on any atom is -0.297 e. The second-order valence-electron chi connectivity index (χ2n) is 7.29. The molecule has 2 N–H and O–H groups in total. The van der Waals surface area contributed by atoms with Crippen molar-refractivity contribution in [2.24, 2.45) is 5.92 Å². The Bertz CT molecular complexity index is 900. The van der Waals surface area contributed by atoms with Crippen LogP contribution in [0.5, 0.6) is 0 Å². The summed E-state index contributed by atoms with van der Waals surface area (Å²) in [6, 6.07) is 15.1. The number of sulfonamides is 1. The highest BCUT2D eigenvalue weighted by molar-refractivity contribution is 7.89. The van der Waals surface area contributed by atoms with Crippen LogP contribution >= 0.6 is 0 Å². The van der Waals surface area contributed by atoms with E-state index >= 15 is 0 Å². The van der Waals surface area contributed by atoms with Gasteiger partial charge in [0.15, 0.2) is 0 Å². The smallest absolute Gasteiger partial charge is 0.231 e. The van der Waals surface area contributed by atoms with Crippen LogP contribution in [0.3, 0.4) is 0 Å². The number of rotatable bonds is 6. The summed E-state index contributed by atoms with van der Waals surface area (Å²) in [6.45, 7) is 5.22. The van der Waals surface area contributed by atoms with Crippen LogP contribution in [0.25, 0.3) is 10.8 Å². The summed E-state index contributed by atoms with van der Waals surface area (Å²) in [4.78, 5) is 15.5. The van der Waals surface area contributed by atoms with Crippen molar-refractivity contribution >= 4 is 26.7 Å². The molecule has 1 saturated heterocycles. The lowest BCUT2D eigenvalue weighted by Gasteiger charge is -2.36. The molecule has 1 heterocycles. The van der Waals surface area contributed by atoms with Gasteiger partial charge in [-0.05, 0) is 55.1 Å². The fourth-order valence-electron chi connectivity index (χ4n) is 3.82. The first-order chi connectivity index (χ1) is 12.9. The van der Waals surface area contributed by atoms with Crippen molar-refractivity contribution in [1.29, 1.82) is 0 Å². The number of hydrogen-bond donors (Lipinski definition) is 2. The molecule has 0 bridgehead atoms. The van der Waals surface area contributed by atoms with Gasteiger partial charge in [0.1, 0.15) is 0 Å². The Morgan fingerprint density at radius 3 is 2.52 bits per heavy atom. The van der Waals surface area contributed by atoms with E-state index in [9.17, 15) is 13.2 Å². The van der Waals surface area contributed by atoms with Gasteiger partial charge in [0, 0.05) is 13.0 Å². The third kappa shape index (κ3) is 5.06. The highest BCUT2D eigenvalue weighted by atomic mass is 32.2. The summed E-state index contributed by atoms with van der Waals surface area (Å²) in [5.74, 6) is -0.270. The molecule has 1 atom stereocenters. The van der Waals surface area contributed by atoms with Gasteiger partial charge in [-0.25, -0.2) is 8.42 Å². The van der Waals surface area contributed by atoms with E-state index in [2.05, 4.69) is 64.5 Å². The predicted molar refractivity (Wildman–Crippen MR) is 107 cm³/mol. The zero-order valence-electron chi connectivity index (χ0n) is 15.8. The number of amides is 1. The van der Waals surface area contributed by atoms with E-state index < -0.39 is 15.9 Å². The van der Waals surface area contributed by atoms with Crippen LogP contribution in [0, 0.1) is 5.92 Å². The van der Waals surface area contributed by atoms with Crippen molar-refractivity contribution in [1.82, 2.24) is 15.2 Å². The number of hydrazine groups is 1. The number of fused-ring (bicyclic) bond motifs is 1. The molecule has 1 fully saturated rings. The molecular formula is C20H27N3O3S. The Hall–Kier alpha value is -1.96. The SMILES string of the molecule is CC(=O)NNS(=O)(=O)CC1CCN(C(C)c2cccc3ccccc23)CC1. The highest BCUT2D eigenvalue weighted by Gasteiger charge is 2.27. The van der Waals surface area contributed by atoms with Crippen molar-refractivity contribution in [3.63, 3.8) is 0 Å². The van der Waals surface area contributed by atoms with Crippen LogP contribution in [-0.4, -0.2) is 38.1 Å². The first-order valence-corrected chi connectivity index (χ1v) is 11.0. The van der Waals surface area contributed by atoms with E-state index in [-0.39, 0.29) is 17.7 Å². The van der Waals surface area contributed by atoms with E-state index in [4.69, 9.17) is 0 Å². The molecule has 1 aliphatic rings. The lowest BCUT2D eigenvalue weighted by molar-refractivity contribution is -0.119. The number of hydrogen-bond acceptors (Lipinski definition) is 4. The summed E-state index contributed by atoms with van der Waals surface area (Å²) in [5, 5.41) is 2.52. The van der Waals surface area contributed by atoms with Crippen molar-refractivity contribution in [2.45, 2.75) is 32.7 Å². The summed E-state index contributed by atoms with van der Waals surface area (Å²) < 4.78 is 24.1. The molecule has 6 nitrogen and oxygen atoms in total. The Balaban J connectivity index is 1.61. The van der Waals surface area contributed by atoms with Crippen LogP contribution in [-0.2, 0) is 14.8 Å². The molecule has 0 spiro atoms. The number of likely N-dealkylation sites (tertiary alicyclic amines) is 1. The van der Waals surface area contributed by atoms with Gasteiger partial charge in [0.05, 0.1) is 5.75 Å². The van der Waals surface area contributed by atoms with E-state index in [1.807, 2.05) is 0 Å². The van der Waals surface area contributed by atoms with Gasteiger partial charge >= 0.3 is 0 Å². The normalized spacial score (nSPS) is 17.7. The molecule has 2 aromatic carbocycles. The van der Waals surface area contributed by atoms with Gasteiger partial charge in [-0.2, -0.15) is 0 Å². The summed E-state index contributed by atoms with van der Waals surface area (Å²) in [5.41, 5.74) is 3.47. The van der Waals surface area contributed by atoms with E-state index in [1.165, 1.54) is 23.3 Å².